The number of hydrogen-bond donors (Lipinski definition) is 0. The Morgan fingerprint density at radius 3 is 2.33 bits per heavy atom. The van der Waals surface area contributed by atoms with Gasteiger partial charge in [0.15, 0.2) is 17.3 Å². The second-order valence-corrected chi connectivity index (χ2v) is 8.83. The number of fused-ring (bicyclic) bond motifs is 1. The molecule has 0 atom stereocenters. The third-order valence-electron chi connectivity index (χ3n) is 6.16. The Labute approximate surface area is 226 Å². The van der Waals surface area contributed by atoms with Gasteiger partial charge in [0.25, 0.3) is 0 Å². The maximum atomic E-state index is 13.3. The summed E-state index contributed by atoms with van der Waals surface area (Å²) < 4.78 is 22.9. The van der Waals surface area contributed by atoms with Crippen LogP contribution in [0.5, 0.6) is 17.2 Å². The zero-order valence-corrected chi connectivity index (χ0v) is 21.5. The molecule has 0 aliphatic heterocycles. The van der Waals surface area contributed by atoms with Gasteiger partial charge in [0.2, 0.25) is 0 Å². The minimum Gasteiger partial charge on any atom is -0.493 e. The van der Waals surface area contributed by atoms with Gasteiger partial charge in [-0.3, -0.25) is 4.79 Å². The van der Waals surface area contributed by atoms with Gasteiger partial charge in [-0.2, -0.15) is 0 Å². The molecule has 5 rings (SSSR count). The Hall–Kier alpha value is -5.10. The number of furan rings is 1. The van der Waals surface area contributed by atoms with Crippen molar-refractivity contribution in [3.8, 4) is 17.2 Å². The number of ether oxygens (including phenoxy) is 3. The molecule has 1 heterocycles. The van der Waals surface area contributed by atoms with Crippen LogP contribution in [0.3, 0.4) is 0 Å². The van der Waals surface area contributed by atoms with Gasteiger partial charge in [-0.15, -0.1) is 0 Å². The third kappa shape index (κ3) is 5.91. The molecule has 4 aromatic carbocycles. The molecule has 6 nitrogen and oxygen atoms in total. The van der Waals surface area contributed by atoms with E-state index in [9.17, 15) is 9.59 Å². The Bertz CT molecular complexity index is 1650. The number of ketones is 1. The van der Waals surface area contributed by atoms with Crippen molar-refractivity contribution in [3.63, 3.8) is 0 Å². The quantitative estimate of drug-likeness (QED) is 0.0873. The number of carbonyl (C=O) groups is 2. The molecule has 0 aliphatic carbocycles. The van der Waals surface area contributed by atoms with Crippen LogP contribution in [0.2, 0.25) is 0 Å². The molecular formula is C33H26O6. The maximum absolute atomic E-state index is 13.3. The number of hydrogen-bond acceptors (Lipinski definition) is 6. The van der Waals surface area contributed by atoms with Gasteiger partial charge in [0, 0.05) is 10.9 Å². The normalized spacial score (nSPS) is 11.0. The number of esters is 1. The molecule has 0 radical (unpaired) electrons. The minimum absolute atomic E-state index is 0.112. The molecule has 5 aromatic rings. The summed E-state index contributed by atoms with van der Waals surface area (Å²) in [4.78, 5) is 25.7. The van der Waals surface area contributed by atoms with Crippen LogP contribution < -0.4 is 14.2 Å². The average Bonchev–Trinajstić information content (AvgIpc) is 3.31. The molecule has 6 heteroatoms. The number of carbonyl (C=O) groups excluding carboxylic acids is 2. The molecule has 1 aromatic heterocycles. The van der Waals surface area contributed by atoms with Gasteiger partial charge in [-0.1, -0.05) is 72.8 Å². The van der Waals surface area contributed by atoms with Crippen LogP contribution in [0, 0.1) is 6.92 Å². The van der Waals surface area contributed by atoms with Crippen LogP contribution in [-0.4, -0.2) is 18.9 Å². The number of allylic oxidation sites excluding steroid dienone is 1. The molecule has 0 amide bonds. The largest absolute Gasteiger partial charge is 0.493 e. The maximum Gasteiger partial charge on any atom is 0.347 e. The Balaban J connectivity index is 1.34. The molecule has 194 valence electrons. The lowest BCUT2D eigenvalue weighted by atomic mass is 10.1. The summed E-state index contributed by atoms with van der Waals surface area (Å²) in [7, 11) is 1.49. The molecule has 0 bridgehead atoms. The predicted octanol–water partition coefficient (Wildman–Crippen LogP) is 7.44. The van der Waals surface area contributed by atoms with E-state index in [2.05, 4.69) is 0 Å². The lowest BCUT2D eigenvalue weighted by Gasteiger charge is -2.10. The number of rotatable bonds is 9. The Kier molecular flexibility index (Phi) is 7.55. The van der Waals surface area contributed by atoms with Crippen molar-refractivity contribution in [3.05, 3.63) is 131 Å². The van der Waals surface area contributed by atoms with E-state index in [0.29, 0.717) is 46.0 Å². The summed E-state index contributed by atoms with van der Waals surface area (Å²) in [6.45, 7) is 2.12. The Morgan fingerprint density at radius 1 is 0.846 bits per heavy atom. The lowest BCUT2D eigenvalue weighted by molar-refractivity contribution is 0.0729. The lowest BCUT2D eigenvalue weighted by Crippen LogP contribution is -2.10. The van der Waals surface area contributed by atoms with Crippen molar-refractivity contribution in [2.24, 2.45) is 0 Å². The second kappa shape index (κ2) is 11.5. The summed E-state index contributed by atoms with van der Waals surface area (Å²) in [5.74, 6) is 0.967. The van der Waals surface area contributed by atoms with E-state index >= 15 is 0 Å². The van der Waals surface area contributed by atoms with Crippen LogP contribution in [-0.2, 0) is 6.61 Å². The summed E-state index contributed by atoms with van der Waals surface area (Å²) in [5, 5.41) is 0.598. The first-order valence-electron chi connectivity index (χ1n) is 12.4. The molecule has 0 N–H and O–H groups in total. The molecular weight excluding hydrogens is 492 g/mol. The first-order chi connectivity index (χ1) is 19.0. The summed E-state index contributed by atoms with van der Waals surface area (Å²) in [6.07, 6.45) is 3.18. The van der Waals surface area contributed by atoms with Gasteiger partial charge < -0.3 is 18.6 Å². The van der Waals surface area contributed by atoms with E-state index in [1.165, 1.54) is 13.2 Å². The standard InChI is InChI=1S/C33H26O6/c1-22-32(27-20-26(15-18-29(27)38-22)37-21-24-9-5-3-6-10-24)33(35)39-30-17-14-23(19-31(30)36-2)13-16-28(34)25-11-7-4-8-12-25/h3-20H,21H2,1-2H3. The minimum atomic E-state index is -0.577. The fraction of sp³-hybridized carbons (Fsp3) is 0.0909. The summed E-state index contributed by atoms with van der Waals surface area (Å²) in [5.41, 5.74) is 3.23. The van der Waals surface area contributed by atoms with E-state index < -0.39 is 5.97 Å². The topological polar surface area (TPSA) is 75.0 Å². The van der Waals surface area contributed by atoms with Crippen molar-refractivity contribution in [2.45, 2.75) is 13.5 Å². The summed E-state index contributed by atoms with van der Waals surface area (Å²) in [6, 6.07) is 29.3. The van der Waals surface area contributed by atoms with E-state index in [1.54, 1.807) is 61.5 Å². The van der Waals surface area contributed by atoms with Crippen LogP contribution in [0.1, 0.15) is 37.6 Å². The van der Waals surface area contributed by atoms with Crippen LogP contribution in [0.15, 0.2) is 108 Å². The number of benzene rings is 4. The second-order valence-electron chi connectivity index (χ2n) is 8.83. The van der Waals surface area contributed by atoms with Crippen molar-refractivity contribution in [1.29, 1.82) is 0 Å². The monoisotopic (exact) mass is 518 g/mol. The van der Waals surface area contributed by atoms with Crippen molar-refractivity contribution in [2.75, 3.05) is 7.11 Å². The fourth-order valence-electron chi connectivity index (χ4n) is 4.18. The molecule has 0 spiro atoms. The molecule has 0 saturated carbocycles. The van der Waals surface area contributed by atoms with Crippen LogP contribution >= 0.6 is 0 Å². The van der Waals surface area contributed by atoms with Gasteiger partial charge in [0.05, 0.1) is 7.11 Å². The Morgan fingerprint density at radius 2 is 1.59 bits per heavy atom. The van der Waals surface area contributed by atoms with Gasteiger partial charge in [0.1, 0.15) is 29.3 Å². The first-order valence-corrected chi connectivity index (χ1v) is 12.4. The van der Waals surface area contributed by atoms with Gasteiger partial charge >= 0.3 is 5.97 Å². The van der Waals surface area contributed by atoms with E-state index in [1.807, 2.05) is 48.5 Å². The van der Waals surface area contributed by atoms with E-state index in [0.717, 1.165) is 11.1 Å². The van der Waals surface area contributed by atoms with Crippen molar-refractivity contribution < 1.29 is 28.2 Å². The highest BCUT2D eigenvalue weighted by atomic mass is 16.6. The SMILES string of the molecule is COc1cc(C=CC(=O)c2ccccc2)ccc1OC(=O)c1c(C)oc2ccc(OCc3ccccc3)cc12. The van der Waals surface area contributed by atoms with Gasteiger partial charge in [-0.05, 0) is 54.5 Å². The highest BCUT2D eigenvalue weighted by molar-refractivity contribution is 6.07. The zero-order valence-electron chi connectivity index (χ0n) is 21.5. The van der Waals surface area contributed by atoms with Crippen LogP contribution in [0.25, 0.3) is 17.0 Å². The van der Waals surface area contributed by atoms with Gasteiger partial charge in [-0.25, -0.2) is 4.79 Å². The van der Waals surface area contributed by atoms with Crippen molar-refractivity contribution in [1.82, 2.24) is 0 Å². The average molecular weight is 519 g/mol. The molecule has 0 saturated heterocycles. The zero-order chi connectivity index (χ0) is 27.2. The number of aryl methyl sites for hydroxylation is 1. The highest BCUT2D eigenvalue weighted by Gasteiger charge is 2.22. The summed E-state index contributed by atoms with van der Waals surface area (Å²) >= 11 is 0. The van der Waals surface area contributed by atoms with Crippen LogP contribution in [0.4, 0.5) is 0 Å². The molecule has 39 heavy (non-hydrogen) atoms. The number of methoxy groups -OCH3 is 1. The van der Waals surface area contributed by atoms with Crippen molar-refractivity contribution >= 4 is 28.8 Å². The predicted molar refractivity (Wildman–Crippen MR) is 149 cm³/mol. The smallest absolute Gasteiger partial charge is 0.347 e. The first kappa shape index (κ1) is 25.5. The van der Waals surface area contributed by atoms with E-state index in [4.69, 9.17) is 18.6 Å². The third-order valence-corrected chi connectivity index (χ3v) is 6.16. The molecule has 0 fully saturated rings. The molecule has 0 unspecified atom stereocenters. The highest BCUT2D eigenvalue weighted by Crippen LogP contribution is 2.33. The molecule has 0 aliphatic rings. The fourth-order valence-corrected chi connectivity index (χ4v) is 4.18. The van der Waals surface area contributed by atoms with E-state index in [-0.39, 0.29) is 11.5 Å².